The number of halogens is 1. The van der Waals surface area contributed by atoms with Crippen molar-refractivity contribution >= 4 is 23.2 Å². The lowest BCUT2D eigenvalue weighted by Gasteiger charge is -2.32. The van der Waals surface area contributed by atoms with E-state index in [0.717, 1.165) is 17.7 Å². The number of hydrogen-bond donors (Lipinski definition) is 1. The van der Waals surface area contributed by atoms with E-state index < -0.39 is 0 Å². The number of carbonyl (C=O) groups excluding carboxylic acids is 2. The molecule has 24 heavy (non-hydrogen) atoms. The molecule has 1 aliphatic rings. The lowest BCUT2D eigenvalue weighted by molar-refractivity contribution is -0.121. The lowest BCUT2D eigenvalue weighted by Crippen LogP contribution is -2.46. The van der Waals surface area contributed by atoms with Gasteiger partial charge in [0.15, 0.2) is 0 Å². The maximum absolute atomic E-state index is 13.6. The van der Waals surface area contributed by atoms with Crippen LogP contribution in [0.4, 0.5) is 4.39 Å². The van der Waals surface area contributed by atoms with Crippen LogP contribution in [0, 0.1) is 5.82 Å². The maximum Gasteiger partial charge on any atom is 0.263 e. The minimum Gasteiger partial charge on any atom is -0.353 e. The fraction of sp³-hybridized carbons (Fsp3) is 0.333. The first-order chi connectivity index (χ1) is 11.6. The number of piperidine rings is 1. The molecule has 1 fully saturated rings. The molecule has 0 radical (unpaired) electrons. The van der Waals surface area contributed by atoms with Gasteiger partial charge in [-0.25, -0.2) is 4.39 Å². The van der Waals surface area contributed by atoms with Crippen molar-refractivity contribution in [3.63, 3.8) is 0 Å². The van der Waals surface area contributed by atoms with Gasteiger partial charge in [-0.2, -0.15) is 0 Å². The Bertz CT molecular complexity index is 710. The van der Waals surface area contributed by atoms with Gasteiger partial charge in [-0.05, 0) is 35.9 Å². The molecule has 1 saturated heterocycles. The molecule has 0 spiro atoms. The van der Waals surface area contributed by atoms with Crippen LogP contribution in [-0.2, 0) is 11.2 Å². The second-order valence-corrected chi connectivity index (χ2v) is 6.83. The molecular formula is C18H19FN2O2S. The number of nitrogens with one attached hydrogen (secondary N) is 1. The molecule has 1 N–H and O–H groups in total. The summed E-state index contributed by atoms with van der Waals surface area (Å²) >= 11 is 1.44. The molecule has 6 heteroatoms. The third-order valence-corrected chi connectivity index (χ3v) is 5.05. The Balaban J connectivity index is 1.48. The third-order valence-electron chi connectivity index (χ3n) is 4.19. The van der Waals surface area contributed by atoms with E-state index in [-0.39, 0.29) is 30.1 Å². The summed E-state index contributed by atoms with van der Waals surface area (Å²) in [5.41, 5.74) is 0.403. The van der Waals surface area contributed by atoms with Crippen LogP contribution >= 0.6 is 11.3 Å². The highest BCUT2D eigenvalue weighted by atomic mass is 32.1. The van der Waals surface area contributed by atoms with E-state index in [4.69, 9.17) is 0 Å². The van der Waals surface area contributed by atoms with E-state index in [2.05, 4.69) is 5.32 Å². The average molecular weight is 346 g/mol. The number of amides is 2. The van der Waals surface area contributed by atoms with Crippen molar-refractivity contribution in [3.8, 4) is 0 Å². The SMILES string of the molecule is O=C(Cc1ccccc1F)NC1CCN(C(=O)c2cccs2)CC1. The second-order valence-electron chi connectivity index (χ2n) is 5.88. The molecule has 0 unspecified atom stereocenters. The van der Waals surface area contributed by atoms with Crippen molar-refractivity contribution < 1.29 is 14.0 Å². The van der Waals surface area contributed by atoms with Gasteiger partial charge in [0.05, 0.1) is 11.3 Å². The first kappa shape index (κ1) is 16.6. The fourth-order valence-electron chi connectivity index (χ4n) is 2.88. The van der Waals surface area contributed by atoms with Crippen molar-refractivity contribution in [2.45, 2.75) is 25.3 Å². The minimum absolute atomic E-state index is 0.0386. The molecule has 1 aromatic carbocycles. The summed E-state index contributed by atoms with van der Waals surface area (Å²) in [4.78, 5) is 26.9. The van der Waals surface area contributed by atoms with E-state index in [1.807, 2.05) is 22.4 Å². The van der Waals surface area contributed by atoms with Crippen LogP contribution in [0.2, 0.25) is 0 Å². The van der Waals surface area contributed by atoms with Crippen molar-refractivity contribution in [1.82, 2.24) is 10.2 Å². The first-order valence-electron chi connectivity index (χ1n) is 7.99. The average Bonchev–Trinajstić information content (AvgIpc) is 3.11. The van der Waals surface area contributed by atoms with Crippen molar-refractivity contribution in [2.75, 3.05) is 13.1 Å². The Morgan fingerprint density at radius 1 is 1.17 bits per heavy atom. The van der Waals surface area contributed by atoms with Crippen LogP contribution in [-0.4, -0.2) is 35.8 Å². The van der Waals surface area contributed by atoms with Gasteiger partial charge in [0.2, 0.25) is 5.91 Å². The summed E-state index contributed by atoms with van der Waals surface area (Å²) in [5.74, 6) is -0.478. The number of nitrogens with zero attached hydrogens (tertiary/aromatic N) is 1. The smallest absolute Gasteiger partial charge is 0.263 e. The van der Waals surface area contributed by atoms with Gasteiger partial charge in [-0.3, -0.25) is 9.59 Å². The van der Waals surface area contributed by atoms with E-state index in [9.17, 15) is 14.0 Å². The standard InChI is InChI=1S/C18H19FN2O2S/c19-15-5-2-1-4-13(15)12-17(22)20-14-7-9-21(10-8-14)18(23)16-6-3-11-24-16/h1-6,11,14H,7-10,12H2,(H,20,22). The van der Waals surface area contributed by atoms with E-state index >= 15 is 0 Å². The summed E-state index contributed by atoms with van der Waals surface area (Å²) in [7, 11) is 0. The van der Waals surface area contributed by atoms with Gasteiger partial charge in [-0.1, -0.05) is 24.3 Å². The molecule has 1 aromatic heterocycles. The molecule has 4 nitrogen and oxygen atoms in total. The highest BCUT2D eigenvalue weighted by Gasteiger charge is 2.25. The summed E-state index contributed by atoms with van der Waals surface area (Å²) in [5, 5.41) is 4.84. The van der Waals surface area contributed by atoms with Crippen molar-refractivity contribution in [2.24, 2.45) is 0 Å². The van der Waals surface area contributed by atoms with Crippen LogP contribution in [0.1, 0.15) is 28.1 Å². The van der Waals surface area contributed by atoms with Crippen LogP contribution in [0.3, 0.4) is 0 Å². The Morgan fingerprint density at radius 3 is 2.58 bits per heavy atom. The first-order valence-corrected chi connectivity index (χ1v) is 8.87. The monoisotopic (exact) mass is 346 g/mol. The van der Waals surface area contributed by atoms with Crippen LogP contribution < -0.4 is 5.32 Å². The largest absolute Gasteiger partial charge is 0.353 e. The molecular weight excluding hydrogens is 327 g/mol. The normalized spacial score (nSPS) is 15.3. The molecule has 0 aliphatic carbocycles. The van der Waals surface area contributed by atoms with Crippen LogP contribution in [0.5, 0.6) is 0 Å². The highest BCUT2D eigenvalue weighted by Crippen LogP contribution is 2.17. The predicted molar refractivity (Wildman–Crippen MR) is 91.5 cm³/mol. The Kier molecular flexibility index (Phi) is 5.25. The summed E-state index contributed by atoms with van der Waals surface area (Å²) in [6.07, 6.45) is 1.49. The molecule has 126 valence electrons. The Hall–Kier alpha value is -2.21. The summed E-state index contributed by atoms with van der Waals surface area (Å²) in [6, 6.07) is 10.0. The number of carbonyl (C=O) groups is 2. The molecule has 3 rings (SSSR count). The van der Waals surface area contributed by atoms with Crippen LogP contribution in [0.25, 0.3) is 0 Å². The number of rotatable bonds is 4. The molecule has 2 aromatic rings. The Morgan fingerprint density at radius 2 is 1.92 bits per heavy atom. The topological polar surface area (TPSA) is 49.4 Å². The predicted octanol–water partition coefficient (Wildman–Crippen LogP) is 2.85. The molecule has 0 saturated carbocycles. The maximum atomic E-state index is 13.6. The quantitative estimate of drug-likeness (QED) is 0.925. The second kappa shape index (κ2) is 7.57. The molecule has 0 atom stereocenters. The van der Waals surface area contributed by atoms with Gasteiger partial charge in [0.25, 0.3) is 5.91 Å². The molecule has 2 heterocycles. The zero-order valence-electron chi connectivity index (χ0n) is 13.2. The fourth-order valence-corrected chi connectivity index (χ4v) is 3.57. The van der Waals surface area contributed by atoms with E-state index in [0.29, 0.717) is 18.7 Å². The van der Waals surface area contributed by atoms with E-state index in [1.54, 1.807) is 18.2 Å². The number of likely N-dealkylation sites (tertiary alicyclic amines) is 1. The number of benzene rings is 1. The number of hydrogen-bond acceptors (Lipinski definition) is 3. The molecule has 0 bridgehead atoms. The van der Waals surface area contributed by atoms with Gasteiger partial charge in [0, 0.05) is 19.1 Å². The summed E-state index contributed by atoms with van der Waals surface area (Å²) < 4.78 is 13.6. The van der Waals surface area contributed by atoms with E-state index in [1.165, 1.54) is 17.4 Å². The molecule has 1 aliphatic heterocycles. The highest BCUT2D eigenvalue weighted by molar-refractivity contribution is 7.12. The third kappa shape index (κ3) is 4.00. The van der Waals surface area contributed by atoms with Gasteiger partial charge in [0.1, 0.15) is 5.82 Å². The van der Waals surface area contributed by atoms with Crippen molar-refractivity contribution in [3.05, 3.63) is 58.0 Å². The lowest BCUT2D eigenvalue weighted by atomic mass is 10.0. The Labute approximate surface area is 144 Å². The summed E-state index contributed by atoms with van der Waals surface area (Å²) in [6.45, 7) is 1.25. The van der Waals surface area contributed by atoms with Gasteiger partial charge >= 0.3 is 0 Å². The zero-order chi connectivity index (χ0) is 16.9. The molecule has 2 amide bonds. The zero-order valence-corrected chi connectivity index (χ0v) is 14.0. The van der Waals surface area contributed by atoms with Gasteiger partial charge in [-0.15, -0.1) is 11.3 Å². The van der Waals surface area contributed by atoms with Gasteiger partial charge < -0.3 is 10.2 Å². The number of thiophene rings is 1. The minimum atomic E-state index is -0.357. The van der Waals surface area contributed by atoms with Crippen LogP contribution in [0.15, 0.2) is 41.8 Å². The van der Waals surface area contributed by atoms with Crippen molar-refractivity contribution in [1.29, 1.82) is 0 Å².